The first-order valence-electron chi connectivity index (χ1n) is 4.15. The molecule has 11 heavy (non-hydrogen) atoms. The Balaban J connectivity index is 0. The van der Waals surface area contributed by atoms with Gasteiger partial charge in [-0.1, -0.05) is 25.8 Å². The van der Waals surface area contributed by atoms with E-state index in [9.17, 15) is 0 Å². The molecule has 68 valence electrons. The predicted octanol–water partition coefficient (Wildman–Crippen LogP) is 3.11. The Kier molecular flexibility index (Phi) is 12.0. The van der Waals surface area contributed by atoms with Gasteiger partial charge in [-0.3, -0.25) is 0 Å². The van der Waals surface area contributed by atoms with Crippen LogP contribution in [-0.4, -0.2) is 7.05 Å². The molecule has 0 atom stereocenters. The van der Waals surface area contributed by atoms with Gasteiger partial charge in [0.1, 0.15) is 0 Å². The van der Waals surface area contributed by atoms with E-state index in [0.717, 1.165) is 0 Å². The first-order chi connectivity index (χ1) is 4.81. The highest BCUT2D eigenvalue weighted by Gasteiger charge is 1.83. The quantitative estimate of drug-likeness (QED) is 0.637. The Hall–Kier alpha value is -0.170. The van der Waals surface area contributed by atoms with E-state index < -0.39 is 0 Å². The summed E-state index contributed by atoms with van der Waals surface area (Å²) in [5.74, 6) is 0. The van der Waals surface area contributed by atoms with Crippen LogP contribution in [0.1, 0.15) is 39.5 Å². The van der Waals surface area contributed by atoms with Crippen molar-refractivity contribution in [2.45, 2.75) is 39.5 Å². The first kappa shape index (κ1) is 13.4. The third-order valence-electron chi connectivity index (χ3n) is 1.65. The van der Waals surface area contributed by atoms with Gasteiger partial charge in [0, 0.05) is 12.7 Å². The van der Waals surface area contributed by atoms with E-state index in [1.54, 1.807) is 0 Å². The Morgan fingerprint density at radius 3 is 2.45 bits per heavy atom. The summed E-state index contributed by atoms with van der Waals surface area (Å²) in [4.78, 5) is 0. The lowest BCUT2D eigenvalue weighted by molar-refractivity contribution is 0.724. The number of hydrogen-bond acceptors (Lipinski definition) is 1. The largest absolute Gasteiger partial charge is 0.392 e. The molecule has 0 bridgehead atoms. The molecule has 0 heterocycles. The van der Waals surface area contributed by atoms with Crippen LogP contribution in [0, 0.1) is 0 Å². The van der Waals surface area contributed by atoms with Crippen molar-refractivity contribution in [1.82, 2.24) is 5.32 Å². The van der Waals surface area contributed by atoms with Gasteiger partial charge in [0.05, 0.1) is 0 Å². The van der Waals surface area contributed by atoms with Crippen LogP contribution in [0.25, 0.3) is 0 Å². The van der Waals surface area contributed by atoms with Gasteiger partial charge in [-0.15, -0.1) is 12.4 Å². The molecule has 0 spiro atoms. The number of hydrogen-bond donors (Lipinski definition) is 1. The summed E-state index contributed by atoms with van der Waals surface area (Å²) in [5, 5.41) is 3.10. The minimum absolute atomic E-state index is 0. The molecule has 2 heteroatoms. The van der Waals surface area contributed by atoms with Crippen molar-refractivity contribution in [2.75, 3.05) is 7.05 Å². The molecule has 0 aliphatic carbocycles. The van der Waals surface area contributed by atoms with E-state index in [1.807, 2.05) is 7.05 Å². The Bertz CT molecular complexity index is 99.7. The molecule has 0 aliphatic rings. The van der Waals surface area contributed by atoms with E-state index >= 15 is 0 Å². The highest BCUT2D eigenvalue weighted by Crippen LogP contribution is 2.00. The molecule has 0 amide bonds. The van der Waals surface area contributed by atoms with Gasteiger partial charge < -0.3 is 5.32 Å². The van der Waals surface area contributed by atoms with Crippen molar-refractivity contribution in [3.8, 4) is 0 Å². The van der Waals surface area contributed by atoms with Crippen LogP contribution >= 0.6 is 12.4 Å². The summed E-state index contributed by atoms with van der Waals surface area (Å²) < 4.78 is 0. The van der Waals surface area contributed by atoms with Gasteiger partial charge in [0.15, 0.2) is 0 Å². The molecule has 0 rings (SSSR count). The van der Waals surface area contributed by atoms with E-state index in [-0.39, 0.29) is 12.4 Å². The molecule has 0 radical (unpaired) electrons. The predicted molar refractivity (Wildman–Crippen MR) is 54.2 cm³/mol. The Morgan fingerprint density at radius 1 is 1.36 bits per heavy atom. The maximum Gasteiger partial charge on any atom is 0.00319 e. The second kappa shape index (κ2) is 9.83. The number of halogens is 1. The number of allylic oxidation sites excluding steroid dienone is 2. The lowest BCUT2D eigenvalue weighted by Crippen LogP contribution is -2.00. The molecule has 0 fully saturated rings. The van der Waals surface area contributed by atoms with Crippen LogP contribution in [0.5, 0.6) is 0 Å². The lowest BCUT2D eigenvalue weighted by Gasteiger charge is -1.97. The summed E-state index contributed by atoms with van der Waals surface area (Å²) in [6, 6.07) is 0. The Morgan fingerprint density at radius 2 is 2.00 bits per heavy atom. The molecule has 0 saturated heterocycles. The summed E-state index contributed by atoms with van der Waals surface area (Å²) in [5.41, 5.74) is 1.29. The van der Waals surface area contributed by atoms with Crippen LogP contribution in [0.3, 0.4) is 0 Å². The van der Waals surface area contributed by atoms with Crippen molar-refractivity contribution in [2.24, 2.45) is 0 Å². The van der Waals surface area contributed by atoms with Gasteiger partial charge in [0.2, 0.25) is 0 Å². The number of unbranched alkanes of at least 4 members (excludes halogenated alkanes) is 3. The summed E-state index contributed by atoms with van der Waals surface area (Å²) >= 11 is 0. The van der Waals surface area contributed by atoms with Crippen molar-refractivity contribution >= 4 is 12.4 Å². The highest BCUT2D eigenvalue weighted by atomic mass is 35.5. The lowest BCUT2D eigenvalue weighted by atomic mass is 10.2. The Labute approximate surface area is 76.7 Å². The summed E-state index contributed by atoms with van der Waals surface area (Å²) in [6.45, 7) is 4.33. The minimum Gasteiger partial charge on any atom is -0.392 e. The van der Waals surface area contributed by atoms with Gasteiger partial charge in [0.25, 0.3) is 0 Å². The highest BCUT2D eigenvalue weighted by molar-refractivity contribution is 5.85. The molecule has 0 unspecified atom stereocenters. The summed E-state index contributed by atoms with van der Waals surface area (Å²) in [7, 11) is 1.96. The standard InChI is InChI=1S/C9H19N.ClH/c1-4-5-6-7-8-9(2)10-3;/h8,10H,4-7H2,1-3H3;1H. The fraction of sp³-hybridized carbons (Fsp3) is 0.778. The van der Waals surface area contributed by atoms with Gasteiger partial charge in [-0.25, -0.2) is 0 Å². The molecule has 1 N–H and O–H groups in total. The van der Waals surface area contributed by atoms with Crippen LogP contribution in [-0.2, 0) is 0 Å². The van der Waals surface area contributed by atoms with Crippen LogP contribution in [0.15, 0.2) is 11.8 Å². The average molecular weight is 178 g/mol. The third-order valence-corrected chi connectivity index (χ3v) is 1.65. The van der Waals surface area contributed by atoms with Crippen molar-refractivity contribution in [3.63, 3.8) is 0 Å². The van der Waals surface area contributed by atoms with Gasteiger partial charge in [-0.2, -0.15) is 0 Å². The fourth-order valence-corrected chi connectivity index (χ4v) is 0.815. The van der Waals surface area contributed by atoms with Crippen LogP contribution in [0.4, 0.5) is 0 Å². The zero-order valence-corrected chi connectivity index (χ0v) is 8.63. The normalized spacial score (nSPS) is 10.6. The van der Waals surface area contributed by atoms with E-state index in [4.69, 9.17) is 0 Å². The SMILES string of the molecule is CCCCCC=C(C)NC.Cl. The summed E-state index contributed by atoms with van der Waals surface area (Å²) in [6.07, 6.45) is 7.48. The van der Waals surface area contributed by atoms with Crippen LogP contribution in [0.2, 0.25) is 0 Å². The topological polar surface area (TPSA) is 12.0 Å². The van der Waals surface area contributed by atoms with E-state index in [0.29, 0.717) is 0 Å². The molecule has 0 saturated carbocycles. The molecule has 0 aromatic rings. The van der Waals surface area contributed by atoms with E-state index in [2.05, 4.69) is 25.2 Å². The molecule has 0 aromatic heterocycles. The first-order valence-corrected chi connectivity index (χ1v) is 4.15. The van der Waals surface area contributed by atoms with Gasteiger partial charge in [-0.05, 0) is 19.8 Å². The molecule has 1 nitrogen and oxygen atoms in total. The smallest absolute Gasteiger partial charge is 0.00319 e. The van der Waals surface area contributed by atoms with Crippen molar-refractivity contribution in [1.29, 1.82) is 0 Å². The molecular weight excluding hydrogens is 158 g/mol. The van der Waals surface area contributed by atoms with Crippen molar-refractivity contribution < 1.29 is 0 Å². The molecule has 0 aromatic carbocycles. The zero-order chi connectivity index (χ0) is 7.82. The third kappa shape index (κ3) is 9.83. The second-order valence-electron chi connectivity index (χ2n) is 2.63. The maximum absolute atomic E-state index is 3.10. The zero-order valence-electron chi connectivity index (χ0n) is 7.81. The van der Waals surface area contributed by atoms with E-state index in [1.165, 1.54) is 31.4 Å². The fourth-order valence-electron chi connectivity index (χ4n) is 0.815. The maximum atomic E-state index is 3.10. The number of rotatable bonds is 5. The molecular formula is C9H20ClN. The average Bonchev–Trinajstić information content (AvgIpc) is 1.98. The van der Waals surface area contributed by atoms with Crippen molar-refractivity contribution in [3.05, 3.63) is 11.8 Å². The molecule has 0 aliphatic heterocycles. The van der Waals surface area contributed by atoms with Crippen LogP contribution < -0.4 is 5.32 Å². The number of nitrogens with one attached hydrogen (secondary N) is 1. The second-order valence-corrected chi connectivity index (χ2v) is 2.63. The van der Waals surface area contributed by atoms with Gasteiger partial charge >= 0.3 is 0 Å². The minimum atomic E-state index is 0. The monoisotopic (exact) mass is 177 g/mol.